The summed E-state index contributed by atoms with van der Waals surface area (Å²) in [7, 11) is 0. The van der Waals surface area contributed by atoms with E-state index in [1.165, 1.54) is 0 Å². The zero-order valence-corrected chi connectivity index (χ0v) is 8.41. The molecule has 0 bridgehead atoms. The monoisotopic (exact) mass is 187 g/mol. The van der Waals surface area contributed by atoms with E-state index in [2.05, 4.69) is 0 Å². The highest BCUT2D eigenvalue weighted by Gasteiger charge is 2.37. The van der Waals surface area contributed by atoms with Crippen LogP contribution >= 0.6 is 0 Å². The third-order valence-corrected chi connectivity index (χ3v) is 2.69. The first-order valence-electron chi connectivity index (χ1n) is 4.58. The van der Waals surface area contributed by atoms with Crippen LogP contribution in [-0.2, 0) is 4.74 Å². The first-order chi connectivity index (χ1) is 5.96. The molecular weight excluding hydrogens is 170 g/mol. The summed E-state index contributed by atoms with van der Waals surface area (Å²) in [5, 5.41) is 9.50. The molecule has 0 saturated carbocycles. The molecule has 0 aromatic carbocycles. The van der Waals surface area contributed by atoms with Gasteiger partial charge in [-0.05, 0) is 27.2 Å². The van der Waals surface area contributed by atoms with E-state index in [0.717, 1.165) is 6.42 Å². The lowest BCUT2D eigenvalue weighted by Gasteiger charge is -2.41. The molecule has 1 heterocycles. The van der Waals surface area contributed by atoms with Crippen molar-refractivity contribution < 1.29 is 14.6 Å². The number of aliphatic hydroxyl groups excluding tert-OH is 1. The van der Waals surface area contributed by atoms with Gasteiger partial charge in [-0.3, -0.25) is 0 Å². The molecule has 1 aliphatic rings. The van der Waals surface area contributed by atoms with Crippen molar-refractivity contribution in [3.63, 3.8) is 0 Å². The molecule has 0 spiro atoms. The number of nitrogens with zero attached hydrogens (tertiary/aromatic N) is 1. The van der Waals surface area contributed by atoms with E-state index in [1.54, 1.807) is 11.8 Å². The summed E-state index contributed by atoms with van der Waals surface area (Å²) >= 11 is 0. The van der Waals surface area contributed by atoms with Crippen LogP contribution in [0.15, 0.2) is 0 Å². The van der Waals surface area contributed by atoms with Gasteiger partial charge in [-0.25, -0.2) is 4.79 Å². The molecule has 76 valence electrons. The molecule has 1 N–H and O–H groups in total. The highest BCUT2D eigenvalue weighted by atomic mass is 16.6. The van der Waals surface area contributed by atoms with Gasteiger partial charge in [0, 0.05) is 6.54 Å². The smallest absolute Gasteiger partial charge is 0.410 e. The summed E-state index contributed by atoms with van der Waals surface area (Å²) in [6.45, 7) is 6.51. The summed E-state index contributed by atoms with van der Waals surface area (Å²) < 4.78 is 4.90. The number of carbonyl (C=O) groups is 1. The van der Waals surface area contributed by atoms with Crippen LogP contribution in [0.25, 0.3) is 0 Å². The van der Waals surface area contributed by atoms with Crippen molar-refractivity contribution in [3.05, 3.63) is 0 Å². The van der Waals surface area contributed by atoms with Crippen LogP contribution < -0.4 is 0 Å². The number of hydrogen-bond acceptors (Lipinski definition) is 3. The number of carbonyl (C=O) groups excluding carboxylic acids is 1. The number of cyclic esters (lactones) is 1. The van der Waals surface area contributed by atoms with E-state index in [9.17, 15) is 9.90 Å². The van der Waals surface area contributed by atoms with E-state index in [4.69, 9.17) is 4.74 Å². The molecule has 0 aromatic heterocycles. The molecule has 0 radical (unpaired) electrons. The molecule has 1 aliphatic heterocycles. The molecule has 4 nitrogen and oxygen atoms in total. The van der Waals surface area contributed by atoms with Gasteiger partial charge < -0.3 is 14.7 Å². The average Bonchev–Trinajstić information content (AvgIpc) is 2.04. The van der Waals surface area contributed by atoms with Crippen LogP contribution in [0, 0.1) is 0 Å². The Bertz CT molecular complexity index is 201. The number of ether oxygens (including phenoxy) is 1. The average molecular weight is 187 g/mol. The first-order valence-corrected chi connectivity index (χ1v) is 4.58. The zero-order chi connectivity index (χ0) is 10.1. The summed E-state index contributed by atoms with van der Waals surface area (Å²) in [4.78, 5) is 12.9. The van der Waals surface area contributed by atoms with Crippen molar-refractivity contribution in [2.45, 2.75) is 38.8 Å². The highest BCUT2D eigenvalue weighted by Crippen LogP contribution is 2.22. The van der Waals surface area contributed by atoms with E-state index in [-0.39, 0.29) is 6.09 Å². The maximum atomic E-state index is 11.3. The van der Waals surface area contributed by atoms with Crippen LogP contribution in [0.3, 0.4) is 0 Å². The molecule has 0 aromatic rings. The molecule has 13 heavy (non-hydrogen) atoms. The van der Waals surface area contributed by atoms with Gasteiger partial charge in [0.15, 0.2) is 0 Å². The Morgan fingerprint density at radius 1 is 1.62 bits per heavy atom. The lowest BCUT2D eigenvalue weighted by atomic mass is 9.96. The van der Waals surface area contributed by atoms with Crippen LogP contribution in [0.4, 0.5) is 4.79 Å². The van der Waals surface area contributed by atoms with Crippen molar-refractivity contribution in [1.82, 2.24) is 4.90 Å². The molecule has 1 amide bonds. The normalized spacial score (nSPS) is 21.2. The molecular formula is C9H17NO3. The molecule has 1 rings (SSSR count). The fraction of sp³-hybridized carbons (Fsp3) is 0.889. The van der Waals surface area contributed by atoms with Crippen molar-refractivity contribution in [1.29, 1.82) is 0 Å². The second-order valence-electron chi connectivity index (χ2n) is 3.95. The predicted octanol–water partition coefficient (Wildman–Crippen LogP) is 0.988. The summed E-state index contributed by atoms with van der Waals surface area (Å²) in [6, 6.07) is 0. The van der Waals surface area contributed by atoms with E-state index in [0.29, 0.717) is 13.2 Å². The van der Waals surface area contributed by atoms with Gasteiger partial charge in [0.25, 0.3) is 0 Å². The van der Waals surface area contributed by atoms with Gasteiger partial charge in [-0.2, -0.15) is 0 Å². The fourth-order valence-electron chi connectivity index (χ4n) is 1.30. The molecule has 1 fully saturated rings. The molecule has 1 unspecified atom stereocenters. The minimum atomic E-state index is -0.557. The fourth-order valence-corrected chi connectivity index (χ4v) is 1.30. The van der Waals surface area contributed by atoms with Crippen LogP contribution in [0.1, 0.15) is 27.2 Å². The van der Waals surface area contributed by atoms with Crippen molar-refractivity contribution in [3.8, 4) is 0 Å². The van der Waals surface area contributed by atoms with Crippen LogP contribution in [0.5, 0.6) is 0 Å². The van der Waals surface area contributed by atoms with Gasteiger partial charge in [0.05, 0.1) is 18.2 Å². The zero-order valence-electron chi connectivity index (χ0n) is 8.41. The van der Waals surface area contributed by atoms with Crippen molar-refractivity contribution in [2.75, 3.05) is 13.2 Å². The second-order valence-corrected chi connectivity index (χ2v) is 3.95. The molecule has 1 saturated heterocycles. The third-order valence-electron chi connectivity index (χ3n) is 2.69. The number of hydrogen-bond donors (Lipinski definition) is 1. The largest absolute Gasteiger partial charge is 0.449 e. The summed E-state index contributed by atoms with van der Waals surface area (Å²) in [6.07, 6.45) is -0.0441. The third kappa shape index (κ3) is 1.94. The van der Waals surface area contributed by atoms with Crippen LogP contribution in [-0.4, -0.2) is 40.9 Å². The SMILES string of the molecule is CC(O)C(C)(C)N1CCCOC1=O. The van der Waals surface area contributed by atoms with Gasteiger partial charge >= 0.3 is 6.09 Å². The van der Waals surface area contributed by atoms with Crippen molar-refractivity contribution >= 4 is 6.09 Å². The first kappa shape index (κ1) is 10.3. The van der Waals surface area contributed by atoms with Gasteiger partial charge in [0.1, 0.15) is 0 Å². The van der Waals surface area contributed by atoms with Crippen molar-refractivity contribution in [2.24, 2.45) is 0 Å². The molecule has 1 atom stereocenters. The summed E-state index contributed by atoms with van der Waals surface area (Å²) in [5.41, 5.74) is -0.544. The summed E-state index contributed by atoms with van der Waals surface area (Å²) in [5.74, 6) is 0. The van der Waals surface area contributed by atoms with Gasteiger partial charge in [-0.1, -0.05) is 0 Å². The van der Waals surface area contributed by atoms with Crippen LogP contribution in [0.2, 0.25) is 0 Å². The van der Waals surface area contributed by atoms with Gasteiger partial charge in [-0.15, -0.1) is 0 Å². The molecule has 0 aliphatic carbocycles. The van der Waals surface area contributed by atoms with E-state index >= 15 is 0 Å². The maximum Gasteiger partial charge on any atom is 0.410 e. The maximum absolute atomic E-state index is 11.3. The standard InChI is InChI=1S/C9H17NO3/c1-7(11)9(2,3)10-5-4-6-13-8(10)12/h7,11H,4-6H2,1-3H3. The Balaban J connectivity index is 2.73. The Hall–Kier alpha value is -0.770. The lowest BCUT2D eigenvalue weighted by Crippen LogP contribution is -2.56. The van der Waals surface area contributed by atoms with Gasteiger partial charge in [0.2, 0.25) is 0 Å². The lowest BCUT2D eigenvalue weighted by molar-refractivity contribution is -0.0219. The Morgan fingerprint density at radius 2 is 2.23 bits per heavy atom. The van der Waals surface area contributed by atoms with E-state index in [1.807, 2.05) is 13.8 Å². The number of amides is 1. The Labute approximate surface area is 78.5 Å². The number of rotatable bonds is 2. The molecule has 4 heteroatoms. The quantitative estimate of drug-likeness (QED) is 0.701. The minimum Gasteiger partial charge on any atom is -0.449 e. The minimum absolute atomic E-state index is 0.322. The topological polar surface area (TPSA) is 49.8 Å². The van der Waals surface area contributed by atoms with E-state index < -0.39 is 11.6 Å². The number of aliphatic hydroxyl groups is 1. The Kier molecular flexibility index (Phi) is 2.81. The Morgan fingerprint density at radius 3 is 2.69 bits per heavy atom. The second kappa shape index (κ2) is 3.54. The predicted molar refractivity (Wildman–Crippen MR) is 48.4 cm³/mol. The highest BCUT2D eigenvalue weighted by molar-refractivity contribution is 5.69.